The third-order valence-corrected chi connectivity index (χ3v) is 7.97. The van der Waals surface area contributed by atoms with Gasteiger partial charge in [0.05, 0.1) is 11.9 Å². The Morgan fingerprint density at radius 3 is 2.31 bits per heavy atom. The Balaban J connectivity index is 1.82. The quantitative estimate of drug-likeness (QED) is 0.390. The Morgan fingerprint density at radius 1 is 1.08 bits per heavy atom. The Hall–Kier alpha value is -2.69. The van der Waals surface area contributed by atoms with Crippen LogP contribution in [0.3, 0.4) is 0 Å². The number of nitrogens with one attached hydrogen (secondary N) is 1. The minimum atomic E-state index is -3.66. The molecule has 1 N–H and O–H groups in total. The molecule has 1 atom stereocenters. The number of hydrogen-bond donors (Lipinski definition) is 1. The van der Waals surface area contributed by atoms with Crippen molar-refractivity contribution in [3.8, 4) is 11.5 Å². The summed E-state index contributed by atoms with van der Waals surface area (Å²) in [4.78, 5) is 28.3. The molecule has 1 aliphatic rings. The fraction of sp³-hybridized carbons (Fsp3) is 0.481. The lowest BCUT2D eigenvalue weighted by Crippen LogP contribution is -2.53. The van der Waals surface area contributed by atoms with E-state index in [0.717, 1.165) is 6.26 Å². The highest BCUT2D eigenvalue weighted by Crippen LogP contribution is 2.36. The molecule has 2 aromatic carbocycles. The molecule has 0 aromatic heterocycles. The number of halogens is 2. The standard InChI is InChI=1S/C27H35Cl2N3O6S/c1-6-22(26(34)30-27(2,3)4)31(16-19-20(28)9-7-10-21(19)29)25(33)11-8-14-32(39(5,35)36)18-12-13-23-24(15-18)38-17-37-23/h7,9-10,12-13,15,22H,6,8,11,14,16-17H2,1-5H3,(H,30,34)/t22-/m1/s1. The minimum Gasteiger partial charge on any atom is -0.454 e. The average molecular weight is 601 g/mol. The van der Waals surface area contributed by atoms with Crippen molar-refractivity contribution in [2.45, 2.75) is 65.1 Å². The highest BCUT2D eigenvalue weighted by Gasteiger charge is 2.31. The van der Waals surface area contributed by atoms with Crippen molar-refractivity contribution in [2.24, 2.45) is 0 Å². The second-order valence-corrected chi connectivity index (χ2v) is 13.1. The summed E-state index contributed by atoms with van der Waals surface area (Å²) in [6.45, 7) is 7.58. The van der Waals surface area contributed by atoms with Crippen molar-refractivity contribution in [1.82, 2.24) is 10.2 Å². The molecule has 0 aliphatic carbocycles. The van der Waals surface area contributed by atoms with Gasteiger partial charge in [-0.2, -0.15) is 0 Å². The van der Waals surface area contributed by atoms with Crippen molar-refractivity contribution in [3.05, 3.63) is 52.0 Å². The van der Waals surface area contributed by atoms with E-state index in [4.69, 9.17) is 32.7 Å². The molecule has 2 amide bonds. The number of sulfonamides is 1. The third kappa shape index (κ3) is 8.16. The number of hydrogen-bond acceptors (Lipinski definition) is 6. The van der Waals surface area contributed by atoms with Crippen LogP contribution in [0.15, 0.2) is 36.4 Å². The first-order valence-electron chi connectivity index (χ1n) is 12.6. The number of fused-ring (bicyclic) bond motifs is 1. The second kappa shape index (κ2) is 12.7. The minimum absolute atomic E-state index is 0.00204. The first-order chi connectivity index (χ1) is 18.2. The van der Waals surface area contributed by atoms with Gasteiger partial charge < -0.3 is 19.7 Å². The normalized spacial score (nSPS) is 13.6. The van der Waals surface area contributed by atoms with Crippen molar-refractivity contribution >= 4 is 50.7 Å². The number of benzene rings is 2. The van der Waals surface area contributed by atoms with E-state index in [0.29, 0.717) is 39.2 Å². The van der Waals surface area contributed by atoms with Gasteiger partial charge in [0.25, 0.3) is 0 Å². The first-order valence-corrected chi connectivity index (χ1v) is 15.2. The molecule has 39 heavy (non-hydrogen) atoms. The molecular weight excluding hydrogens is 565 g/mol. The summed E-state index contributed by atoms with van der Waals surface area (Å²) in [5.74, 6) is 0.381. The maximum Gasteiger partial charge on any atom is 0.243 e. The monoisotopic (exact) mass is 599 g/mol. The molecule has 2 aromatic rings. The van der Waals surface area contributed by atoms with Crippen molar-refractivity contribution in [2.75, 3.05) is 23.9 Å². The van der Waals surface area contributed by atoms with E-state index in [1.807, 2.05) is 27.7 Å². The van der Waals surface area contributed by atoms with E-state index in [2.05, 4.69) is 5.32 Å². The number of nitrogens with zero attached hydrogens (tertiary/aromatic N) is 2. The van der Waals surface area contributed by atoms with Crippen LogP contribution in [0.5, 0.6) is 11.5 Å². The molecule has 1 aliphatic heterocycles. The molecule has 0 spiro atoms. The van der Waals surface area contributed by atoms with Crippen LogP contribution in [0.4, 0.5) is 5.69 Å². The predicted octanol–water partition coefficient (Wildman–Crippen LogP) is 4.99. The van der Waals surface area contributed by atoms with Crippen LogP contribution in [-0.4, -0.2) is 56.3 Å². The smallest absolute Gasteiger partial charge is 0.243 e. The van der Waals surface area contributed by atoms with E-state index in [9.17, 15) is 18.0 Å². The Morgan fingerprint density at radius 2 is 1.72 bits per heavy atom. The maximum atomic E-state index is 13.6. The van der Waals surface area contributed by atoms with Crippen molar-refractivity contribution < 1.29 is 27.5 Å². The summed E-state index contributed by atoms with van der Waals surface area (Å²) in [6, 6.07) is 9.17. The Kier molecular flexibility index (Phi) is 10.0. The topological polar surface area (TPSA) is 105 Å². The number of carbonyl (C=O) groups is 2. The molecule has 12 heteroatoms. The van der Waals surface area contributed by atoms with E-state index in [1.54, 1.807) is 36.4 Å². The molecule has 1 heterocycles. The average Bonchev–Trinajstić information content (AvgIpc) is 3.29. The van der Waals surface area contributed by atoms with Crippen LogP contribution in [0.25, 0.3) is 0 Å². The van der Waals surface area contributed by atoms with E-state index in [1.165, 1.54) is 9.21 Å². The second-order valence-electron chi connectivity index (χ2n) is 10.4. The van der Waals surface area contributed by atoms with Gasteiger partial charge in [0.1, 0.15) is 6.04 Å². The van der Waals surface area contributed by atoms with E-state index >= 15 is 0 Å². The van der Waals surface area contributed by atoms with Crippen LogP contribution in [0.1, 0.15) is 52.5 Å². The van der Waals surface area contributed by atoms with Gasteiger partial charge in [-0.1, -0.05) is 36.2 Å². The molecule has 0 fully saturated rings. The molecule has 9 nitrogen and oxygen atoms in total. The zero-order valence-electron chi connectivity index (χ0n) is 22.8. The molecular formula is C27H35Cl2N3O6S. The molecule has 0 radical (unpaired) electrons. The summed E-state index contributed by atoms with van der Waals surface area (Å²) in [7, 11) is -3.66. The lowest BCUT2D eigenvalue weighted by Gasteiger charge is -2.33. The molecule has 0 bridgehead atoms. The van der Waals surface area contributed by atoms with Crippen LogP contribution in [0, 0.1) is 0 Å². The van der Waals surface area contributed by atoms with Crippen LogP contribution < -0.4 is 19.1 Å². The van der Waals surface area contributed by atoms with Crippen LogP contribution >= 0.6 is 23.2 Å². The first kappa shape index (κ1) is 30.8. The van der Waals surface area contributed by atoms with Gasteiger partial charge >= 0.3 is 0 Å². The van der Waals surface area contributed by atoms with E-state index < -0.39 is 21.6 Å². The number of anilines is 1. The van der Waals surface area contributed by atoms with Gasteiger partial charge in [0, 0.05) is 46.7 Å². The van der Waals surface area contributed by atoms with Gasteiger partial charge in [0.15, 0.2) is 11.5 Å². The number of carbonyl (C=O) groups excluding carboxylic acids is 2. The highest BCUT2D eigenvalue weighted by atomic mass is 35.5. The largest absolute Gasteiger partial charge is 0.454 e. The lowest BCUT2D eigenvalue weighted by molar-refractivity contribution is -0.142. The lowest BCUT2D eigenvalue weighted by atomic mass is 10.0. The summed E-state index contributed by atoms with van der Waals surface area (Å²) in [5.41, 5.74) is 0.446. The van der Waals surface area contributed by atoms with Crippen LogP contribution in [-0.2, 0) is 26.2 Å². The number of ether oxygens (including phenoxy) is 2. The Bertz CT molecular complexity index is 1290. The fourth-order valence-electron chi connectivity index (χ4n) is 4.27. The van der Waals surface area contributed by atoms with E-state index in [-0.39, 0.29) is 44.5 Å². The van der Waals surface area contributed by atoms with Gasteiger partial charge in [-0.3, -0.25) is 13.9 Å². The maximum absolute atomic E-state index is 13.6. The van der Waals surface area contributed by atoms with Gasteiger partial charge in [-0.15, -0.1) is 0 Å². The summed E-state index contributed by atoms with van der Waals surface area (Å²) in [5, 5.41) is 3.72. The summed E-state index contributed by atoms with van der Waals surface area (Å²) >= 11 is 12.8. The number of rotatable bonds is 11. The Labute approximate surface area is 240 Å². The van der Waals surface area contributed by atoms with Crippen molar-refractivity contribution in [3.63, 3.8) is 0 Å². The fourth-order valence-corrected chi connectivity index (χ4v) is 5.74. The van der Waals surface area contributed by atoms with Gasteiger partial charge in [-0.05, 0) is 57.9 Å². The van der Waals surface area contributed by atoms with Gasteiger partial charge in [0.2, 0.25) is 28.6 Å². The van der Waals surface area contributed by atoms with Crippen LogP contribution in [0.2, 0.25) is 10.0 Å². The number of amides is 2. The molecule has 3 rings (SSSR count). The predicted molar refractivity (Wildman–Crippen MR) is 153 cm³/mol. The molecule has 0 unspecified atom stereocenters. The highest BCUT2D eigenvalue weighted by molar-refractivity contribution is 7.92. The zero-order valence-corrected chi connectivity index (χ0v) is 25.1. The molecule has 0 saturated carbocycles. The SMILES string of the molecule is CC[C@H](C(=O)NC(C)(C)C)N(Cc1c(Cl)cccc1Cl)C(=O)CCCN(c1ccc2c(c1)OCO2)S(C)(=O)=O. The molecule has 214 valence electrons. The van der Waals surface area contributed by atoms with Gasteiger partial charge in [-0.25, -0.2) is 8.42 Å². The molecule has 0 saturated heterocycles. The van der Waals surface area contributed by atoms with Crippen molar-refractivity contribution in [1.29, 1.82) is 0 Å². The summed E-state index contributed by atoms with van der Waals surface area (Å²) in [6.07, 6.45) is 1.68. The zero-order chi connectivity index (χ0) is 29.0. The third-order valence-electron chi connectivity index (χ3n) is 6.07. The summed E-state index contributed by atoms with van der Waals surface area (Å²) < 4.78 is 37.1.